The van der Waals surface area contributed by atoms with E-state index in [-0.39, 0.29) is 28.1 Å². The molecule has 6 aromatic rings. The van der Waals surface area contributed by atoms with Crippen molar-refractivity contribution in [3.05, 3.63) is 131 Å². The van der Waals surface area contributed by atoms with Crippen LogP contribution in [0.1, 0.15) is 36.6 Å². The molecule has 45 heavy (non-hydrogen) atoms. The van der Waals surface area contributed by atoms with Crippen LogP contribution in [0.3, 0.4) is 0 Å². The van der Waals surface area contributed by atoms with Crippen LogP contribution in [0.5, 0.6) is 5.75 Å². The lowest BCUT2D eigenvalue weighted by Gasteiger charge is -2.18. The molecule has 2 amide bonds. The Balaban J connectivity index is 1.22. The van der Waals surface area contributed by atoms with Crippen molar-refractivity contribution < 1.29 is 28.6 Å². The summed E-state index contributed by atoms with van der Waals surface area (Å²) < 4.78 is 11.6. The number of rotatable bonds is 8. The van der Waals surface area contributed by atoms with Gasteiger partial charge in [0.2, 0.25) is 5.89 Å². The third-order valence-corrected chi connectivity index (χ3v) is 8.77. The van der Waals surface area contributed by atoms with E-state index in [2.05, 4.69) is 24.3 Å². The predicted octanol–water partition coefficient (Wildman–Crippen LogP) is 7.96. The lowest BCUT2D eigenvalue weighted by atomic mass is 10.1. The maximum atomic E-state index is 13.4. The van der Waals surface area contributed by atoms with Gasteiger partial charge >= 0.3 is 5.97 Å². The largest absolute Gasteiger partial charge is 0.495 e. The summed E-state index contributed by atoms with van der Waals surface area (Å²) in [5, 5.41) is 9.37. The number of aromatic carboxylic acids is 1. The normalized spacial score (nSPS) is 12.5. The lowest BCUT2D eigenvalue weighted by Crippen LogP contribution is -2.29. The monoisotopic (exact) mass is 612 g/mol. The Hall–Kier alpha value is -5.67. The number of methoxy groups -OCH3 is 1. The molecule has 1 aromatic heterocycles. The molecule has 5 aromatic carbocycles. The molecule has 0 atom stereocenters. The molecule has 0 saturated carbocycles. The number of imide groups is 1. The van der Waals surface area contributed by atoms with Crippen LogP contribution >= 0.6 is 11.8 Å². The summed E-state index contributed by atoms with van der Waals surface area (Å²) in [5.74, 6) is -0.961. The minimum absolute atomic E-state index is 0.0176. The van der Waals surface area contributed by atoms with E-state index < -0.39 is 17.8 Å². The Morgan fingerprint density at radius 1 is 0.822 bits per heavy atom. The number of nitrogens with zero attached hydrogens (tertiary/aromatic N) is 2. The fourth-order valence-electron chi connectivity index (χ4n) is 5.38. The van der Waals surface area contributed by atoms with Crippen molar-refractivity contribution in [2.24, 2.45) is 0 Å². The summed E-state index contributed by atoms with van der Waals surface area (Å²) in [5.41, 5.74) is 5.37. The maximum Gasteiger partial charge on any atom is 0.335 e. The average molecular weight is 613 g/mol. The van der Waals surface area contributed by atoms with E-state index in [1.807, 2.05) is 48.5 Å². The quantitative estimate of drug-likeness (QED) is 0.136. The Labute approximate surface area is 261 Å². The molecule has 0 aliphatic carbocycles. The smallest absolute Gasteiger partial charge is 0.335 e. The zero-order chi connectivity index (χ0) is 31.1. The molecule has 9 heteroatoms. The van der Waals surface area contributed by atoms with Gasteiger partial charge in [-0.2, -0.15) is 0 Å². The van der Waals surface area contributed by atoms with E-state index in [0.717, 1.165) is 26.7 Å². The molecule has 7 rings (SSSR count). The van der Waals surface area contributed by atoms with E-state index in [9.17, 15) is 19.5 Å². The van der Waals surface area contributed by atoms with Gasteiger partial charge in [0.05, 0.1) is 29.5 Å². The van der Waals surface area contributed by atoms with E-state index in [0.29, 0.717) is 22.6 Å². The Morgan fingerprint density at radius 2 is 1.58 bits per heavy atom. The first-order chi connectivity index (χ1) is 21.9. The third kappa shape index (κ3) is 5.13. The van der Waals surface area contributed by atoms with Gasteiger partial charge in [-0.3, -0.25) is 9.59 Å². The van der Waals surface area contributed by atoms with Gasteiger partial charge in [0, 0.05) is 16.2 Å². The highest BCUT2D eigenvalue weighted by molar-refractivity contribution is 7.98. The Bertz CT molecular complexity index is 2140. The molecule has 0 unspecified atom stereocenters. The minimum atomic E-state index is -1.19. The van der Waals surface area contributed by atoms with Gasteiger partial charge in [0.25, 0.3) is 11.8 Å². The SMILES string of the molecule is COc1ccc(-c2nc3cc(-c4ccccc4SCc4ccccc4)ccc3o2)cc1N1C(=O)c2ccc(C(=O)O)cc2C1=O. The van der Waals surface area contributed by atoms with Crippen LogP contribution in [0.4, 0.5) is 5.69 Å². The first-order valence-corrected chi connectivity index (χ1v) is 15.0. The van der Waals surface area contributed by atoms with Gasteiger partial charge in [-0.25, -0.2) is 14.7 Å². The number of amides is 2. The second kappa shape index (κ2) is 11.4. The van der Waals surface area contributed by atoms with E-state index in [1.54, 1.807) is 30.0 Å². The summed E-state index contributed by atoms with van der Waals surface area (Å²) in [7, 11) is 1.44. The molecule has 2 heterocycles. The fourth-order valence-corrected chi connectivity index (χ4v) is 6.41. The van der Waals surface area contributed by atoms with Crippen molar-refractivity contribution in [2.75, 3.05) is 12.0 Å². The zero-order valence-electron chi connectivity index (χ0n) is 23.9. The number of carboxylic acids is 1. The molecular formula is C36H24N2O6S. The molecule has 0 spiro atoms. The van der Waals surface area contributed by atoms with Gasteiger partial charge in [-0.15, -0.1) is 11.8 Å². The third-order valence-electron chi connectivity index (χ3n) is 7.62. The van der Waals surface area contributed by atoms with Gasteiger partial charge in [0.1, 0.15) is 11.3 Å². The van der Waals surface area contributed by atoms with Crippen LogP contribution in [0.2, 0.25) is 0 Å². The van der Waals surface area contributed by atoms with Gasteiger partial charge in [-0.05, 0) is 71.3 Å². The number of carbonyl (C=O) groups excluding carboxylic acids is 2. The topological polar surface area (TPSA) is 110 Å². The Morgan fingerprint density at radius 3 is 2.38 bits per heavy atom. The highest BCUT2D eigenvalue weighted by Crippen LogP contribution is 2.39. The summed E-state index contributed by atoms with van der Waals surface area (Å²) in [4.78, 5) is 45.1. The van der Waals surface area contributed by atoms with Crippen molar-refractivity contribution >= 4 is 46.3 Å². The number of aromatic nitrogens is 1. The van der Waals surface area contributed by atoms with E-state index in [1.165, 1.54) is 30.9 Å². The van der Waals surface area contributed by atoms with Crippen molar-refractivity contribution in [1.82, 2.24) is 4.98 Å². The van der Waals surface area contributed by atoms with Crippen LogP contribution in [-0.2, 0) is 5.75 Å². The number of fused-ring (bicyclic) bond motifs is 2. The first kappa shape index (κ1) is 28.1. The molecule has 0 fully saturated rings. The van der Waals surface area contributed by atoms with Crippen LogP contribution in [0.15, 0.2) is 119 Å². The molecule has 8 nitrogen and oxygen atoms in total. The number of ether oxygens (including phenoxy) is 1. The average Bonchev–Trinajstić information content (AvgIpc) is 3.61. The molecular weight excluding hydrogens is 588 g/mol. The van der Waals surface area contributed by atoms with Crippen molar-refractivity contribution in [3.8, 4) is 28.3 Å². The fraction of sp³-hybridized carbons (Fsp3) is 0.0556. The van der Waals surface area contributed by atoms with Gasteiger partial charge < -0.3 is 14.3 Å². The molecule has 1 aliphatic heterocycles. The molecule has 1 aliphatic rings. The molecule has 0 radical (unpaired) electrons. The summed E-state index contributed by atoms with van der Waals surface area (Å²) >= 11 is 1.77. The van der Waals surface area contributed by atoms with Crippen molar-refractivity contribution in [1.29, 1.82) is 0 Å². The molecule has 220 valence electrons. The number of oxazole rings is 1. The first-order valence-electron chi connectivity index (χ1n) is 14.0. The summed E-state index contributed by atoms with van der Waals surface area (Å²) in [6, 6.07) is 33.3. The summed E-state index contributed by atoms with van der Waals surface area (Å²) in [6.45, 7) is 0. The molecule has 0 bridgehead atoms. The predicted molar refractivity (Wildman–Crippen MR) is 172 cm³/mol. The maximum absolute atomic E-state index is 13.4. The number of carbonyl (C=O) groups is 3. The van der Waals surface area contributed by atoms with Gasteiger partial charge in [0.15, 0.2) is 5.58 Å². The van der Waals surface area contributed by atoms with E-state index in [4.69, 9.17) is 14.1 Å². The zero-order valence-corrected chi connectivity index (χ0v) is 24.7. The number of hydrogen-bond donors (Lipinski definition) is 1. The lowest BCUT2D eigenvalue weighted by molar-refractivity contribution is 0.0696. The van der Waals surface area contributed by atoms with Crippen LogP contribution in [-0.4, -0.2) is 35.0 Å². The number of benzene rings is 5. The summed E-state index contributed by atoms with van der Waals surface area (Å²) in [6.07, 6.45) is 0. The van der Waals surface area contributed by atoms with Crippen LogP contribution in [0, 0.1) is 0 Å². The van der Waals surface area contributed by atoms with Crippen LogP contribution < -0.4 is 9.64 Å². The van der Waals surface area contributed by atoms with Crippen LogP contribution in [0.25, 0.3) is 33.7 Å². The number of carboxylic acid groups (broad SMARTS) is 1. The molecule has 1 N–H and O–H groups in total. The second-order valence-electron chi connectivity index (χ2n) is 10.4. The van der Waals surface area contributed by atoms with Crippen molar-refractivity contribution in [2.45, 2.75) is 10.6 Å². The minimum Gasteiger partial charge on any atom is -0.495 e. The number of anilines is 1. The van der Waals surface area contributed by atoms with Crippen molar-refractivity contribution in [3.63, 3.8) is 0 Å². The van der Waals surface area contributed by atoms with E-state index >= 15 is 0 Å². The highest BCUT2D eigenvalue weighted by atomic mass is 32.2. The highest BCUT2D eigenvalue weighted by Gasteiger charge is 2.39. The van der Waals surface area contributed by atoms with Gasteiger partial charge in [-0.1, -0.05) is 54.6 Å². The standard InChI is InChI=1S/C36H24N2O6S/c1-43-31-16-13-23(19-29(31)38-34(39)26-14-11-24(36(41)42)17-27(26)35(38)40)33-37-28-18-22(12-15-30(28)44-33)25-9-5-6-10-32(25)45-20-21-7-3-2-4-8-21/h2-19H,20H2,1H3,(H,41,42). The number of hydrogen-bond acceptors (Lipinski definition) is 7. The Kier molecular flexibility index (Phi) is 7.15. The number of thioether (sulfide) groups is 1. The second-order valence-corrected chi connectivity index (χ2v) is 11.4. The molecule has 0 saturated heterocycles.